The second kappa shape index (κ2) is 14.3. The topological polar surface area (TPSA) is 18.8 Å². The van der Waals surface area contributed by atoms with Gasteiger partial charge in [0, 0.05) is 28.8 Å². The molecule has 3 heteroatoms. The molecule has 0 atom stereocenters. The Balaban J connectivity index is 1.28. The molecule has 3 nitrogen and oxygen atoms in total. The van der Waals surface area contributed by atoms with Crippen molar-refractivity contribution in [1.82, 2.24) is 5.01 Å². The molecule has 0 bridgehead atoms. The molecule has 0 aliphatic heterocycles. The van der Waals surface area contributed by atoms with E-state index in [-0.39, 0.29) is 0 Å². The fourth-order valence-corrected chi connectivity index (χ4v) is 6.63. The van der Waals surface area contributed by atoms with Crippen LogP contribution in [0.15, 0.2) is 162 Å². The van der Waals surface area contributed by atoms with Crippen molar-refractivity contribution < 1.29 is 0 Å². The van der Waals surface area contributed by atoms with Gasteiger partial charge in [0.05, 0.1) is 11.9 Å². The van der Waals surface area contributed by atoms with Gasteiger partial charge in [0.15, 0.2) is 0 Å². The number of rotatable bonds is 9. The normalized spacial score (nSPS) is 15.6. The van der Waals surface area contributed by atoms with Gasteiger partial charge in [-0.3, -0.25) is 0 Å². The molecule has 228 valence electrons. The Morgan fingerprint density at radius 2 is 1.43 bits per heavy atom. The highest BCUT2D eigenvalue weighted by atomic mass is 15.5. The Bertz CT molecular complexity index is 1780. The first-order valence-corrected chi connectivity index (χ1v) is 16.7. The van der Waals surface area contributed by atoms with Crippen molar-refractivity contribution in [3.8, 4) is 0 Å². The minimum absolute atomic E-state index is 0.992. The molecule has 0 spiro atoms. The van der Waals surface area contributed by atoms with Crippen LogP contribution in [0.3, 0.4) is 0 Å². The molecular formula is C43H41N3. The first-order chi connectivity index (χ1) is 22.8. The number of nitrogens with zero attached hydrogens (tertiary/aromatic N) is 3. The summed E-state index contributed by atoms with van der Waals surface area (Å²) < 4.78 is 0. The smallest absolute Gasteiger partial charge is 0.0605 e. The Kier molecular flexibility index (Phi) is 9.19. The summed E-state index contributed by atoms with van der Waals surface area (Å²) >= 11 is 0. The summed E-state index contributed by atoms with van der Waals surface area (Å²) in [6.07, 6.45) is 26.6. The summed E-state index contributed by atoms with van der Waals surface area (Å²) in [5, 5.41) is 7.14. The molecule has 0 unspecified atom stereocenters. The Labute approximate surface area is 273 Å². The summed E-state index contributed by atoms with van der Waals surface area (Å²) in [5.41, 5.74) is 12.4. The lowest BCUT2D eigenvalue weighted by atomic mass is 9.90. The first kappa shape index (κ1) is 29.6. The van der Waals surface area contributed by atoms with Crippen LogP contribution in [0.25, 0.3) is 5.57 Å². The van der Waals surface area contributed by atoms with Gasteiger partial charge in [0.25, 0.3) is 0 Å². The molecule has 0 amide bonds. The van der Waals surface area contributed by atoms with Gasteiger partial charge in [0.2, 0.25) is 0 Å². The molecule has 0 aromatic heterocycles. The average molecular weight is 600 g/mol. The Morgan fingerprint density at radius 1 is 0.674 bits per heavy atom. The standard InChI is InChI=1S/C43H41N3/c1-5-16-36(17-6-1)42(37-18-7-2-8-19-37)33-45(43-27-15-21-35-20-13-14-26-41(35)43)38-30-28-34(29-31-38)32-44-46(39-22-9-3-10-23-39)40-24-11-4-12-25-40/h1-3,5-9,11,15-19,21-22,24-25,27-33H,4,10,12-14,20,23,26H2/b44-32+. The maximum atomic E-state index is 5.02. The third kappa shape index (κ3) is 6.74. The van der Waals surface area contributed by atoms with Gasteiger partial charge >= 0.3 is 0 Å². The van der Waals surface area contributed by atoms with Crippen LogP contribution in [0, 0.1) is 0 Å². The van der Waals surface area contributed by atoms with Crippen LogP contribution in [0.2, 0.25) is 0 Å². The highest BCUT2D eigenvalue weighted by Crippen LogP contribution is 2.37. The number of fused-ring (bicyclic) bond motifs is 1. The first-order valence-electron chi connectivity index (χ1n) is 16.7. The number of allylic oxidation sites excluding steroid dienone is 7. The molecule has 4 aromatic carbocycles. The molecule has 0 saturated heterocycles. The number of hydrazone groups is 1. The number of aryl methyl sites for hydroxylation is 1. The predicted octanol–water partition coefficient (Wildman–Crippen LogP) is 10.9. The summed E-state index contributed by atoms with van der Waals surface area (Å²) in [6, 6.07) is 37.2. The lowest BCUT2D eigenvalue weighted by Crippen LogP contribution is -2.17. The second-order valence-electron chi connectivity index (χ2n) is 12.1. The molecule has 0 saturated carbocycles. The Morgan fingerprint density at radius 3 is 2.13 bits per heavy atom. The van der Waals surface area contributed by atoms with Crippen molar-refractivity contribution in [2.24, 2.45) is 5.10 Å². The van der Waals surface area contributed by atoms with Crippen molar-refractivity contribution in [1.29, 1.82) is 0 Å². The zero-order valence-electron chi connectivity index (χ0n) is 26.4. The van der Waals surface area contributed by atoms with Gasteiger partial charge in [-0.15, -0.1) is 0 Å². The minimum atomic E-state index is 0.992. The van der Waals surface area contributed by atoms with Gasteiger partial charge in [-0.25, -0.2) is 5.01 Å². The van der Waals surface area contributed by atoms with Crippen molar-refractivity contribution in [3.63, 3.8) is 0 Å². The van der Waals surface area contributed by atoms with Crippen LogP contribution >= 0.6 is 0 Å². The maximum absolute atomic E-state index is 5.02. The fourth-order valence-electron chi connectivity index (χ4n) is 6.63. The van der Waals surface area contributed by atoms with Crippen LogP contribution in [0.5, 0.6) is 0 Å². The monoisotopic (exact) mass is 599 g/mol. The summed E-state index contributed by atoms with van der Waals surface area (Å²) in [7, 11) is 0. The van der Waals surface area contributed by atoms with Gasteiger partial charge in [-0.1, -0.05) is 109 Å². The summed E-state index contributed by atoms with van der Waals surface area (Å²) in [6.45, 7) is 0. The summed E-state index contributed by atoms with van der Waals surface area (Å²) in [4.78, 5) is 2.41. The van der Waals surface area contributed by atoms with Crippen molar-refractivity contribution in [3.05, 3.63) is 185 Å². The van der Waals surface area contributed by atoms with Gasteiger partial charge in [-0.2, -0.15) is 5.10 Å². The van der Waals surface area contributed by atoms with E-state index in [9.17, 15) is 0 Å². The van der Waals surface area contributed by atoms with E-state index < -0.39 is 0 Å². The molecule has 46 heavy (non-hydrogen) atoms. The number of hydrogen-bond donors (Lipinski definition) is 0. The van der Waals surface area contributed by atoms with Crippen LogP contribution in [-0.4, -0.2) is 11.2 Å². The third-order valence-electron chi connectivity index (χ3n) is 9.04. The SMILES string of the molecule is C1=CCCC(N(/N=C/c2ccc(N(C=C(c3ccccc3)c3ccccc3)c3cccc4c3CCCC4)cc2)C2=CCCC=C2)=C1. The van der Waals surface area contributed by atoms with Crippen molar-refractivity contribution in [2.45, 2.75) is 51.4 Å². The largest absolute Gasteiger partial charge is 0.316 e. The van der Waals surface area contributed by atoms with Crippen LogP contribution in [-0.2, 0) is 12.8 Å². The zero-order chi connectivity index (χ0) is 31.0. The molecular weight excluding hydrogens is 558 g/mol. The van der Waals surface area contributed by atoms with Gasteiger partial charge in [-0.05, 0) is 110 Å². The second-order valence-corrected chi connectivity index (χ2v) is 12.1. The van der Waals surface area contributed by atoms with Crippen LogP contribution in [0.4, 0.5) is 11.4 Å². The highest BCUT2D eigenvalue weighted by molar-refractivity contribution is 5.86. The molecule has 7 rings (SSSR count). The third-order valence-corrected chi connectivity index (χ3v) is 9.04. The van der Waals surface area contributed by atoms with E-state index in [1.807, 2.05) is 6.21 Å². The minimum Gasteiger partial charge on any atom is -0.316 e. The van der Waals surface area contributed by atoms with Gasteiger partial charge in [0.1, 0.15) is 0 Å². The van der Waals surface area contributed by atoms with Crippen molar-refractivity contribution >= 4 is 23.2 Å². The predicted molar refractivity (Wildman–Crippen MR) is 194 cm³/mol. The molecule has 4 aromatic rings. The van der Waals surface area contributed by atoms with E-state index in [1.165, 1.54) is 52.1 Å². The number of anilines is 2. The quantitative estimate of drug-likeness (QED) is 0.141. The number of benzene rings is 4. The van der Waals surface area contributed by atoms with Crippen LogP contribution < -0.4 is 4.90 Å². The molecule has 0 N–H and O–H groups in total. The molecule has 3 aliphatic rings. The Hall–Kier alpha value is -5.15. The molecule has 0 radical (unpaired) electrons. The molecule has 0 heterocycles. The molecule has 3 aliphatic carbocycles. The van der Waals surface area contributed by atoms with E-state index in [2.05, 4.69) is 156 Å². The lowest BCUT2D eigenvalue weighted by molar-refractivity contribution is 0.445. The van der Waals surface area contributed by atoms with E-state index in [0.29, 0.717) is 0 Å². The maximum Gasteiger partial charge on any atom is 0.0605 e. The van der Waals surface area contributed by atoms with E-state index in [1.54, 1.807) is 0 Å². The number of hydrogen-bond acceptors (Lipinski definition) is 3. The van der Waals surface area contributed by atoms with E-state index >= 15 is 0 Å². The lowest BCUT2D eigenvalue weighted by Gasteiger charge is -2.29. The highest BCUT2D eigenvalue weighted by Gasteiger charge is 2.19. The van der Waals surface area contributed by atoms with E-state index in [4.69, 9.17) is 5.10 Å². The summed E-state index contributed by atoms with van der Waals surface area (Å²) in [5.74, 6) is 0. The fraction of sp³-hybridized carbons (Fsp3) is 0.186. The molecule has 0 fully saturated rings. The van der Waals surface area contributed by atoms with E-state index in [0.717, 1.165) is 55.5 Å². The van der Waals surface area contributed by atoms with Crippen LogP contribution in [0.1, 0.15) is 66.3 Å². The van der Waals surface area contributed by atoms with Crippen molar-refractivity contribution in [2.75, 3.05) is 4.90 Å². The zero-order valence-corrected chi connectivity index (χ0v) is 26.4. The average Bonchev–Trinajstić information content (AvgIpc) is 3.14. The van der Waals surface area contributed by atoms with Gasteiger partial charge < -0.3 is 4.90 Å².